The fourth-order valence-electron chi connectivity index (χ4n) is 1.80. The molecular weight excluding hydrogens is 214 g/mol. The van der Waals surface area contributed by atoms with Crippen molar-refractivity contribution in [3.63, 3.8) is 0 Å². The topological polar surface area (TPSA) is 55.4 Å². The maximum Gasteiger partial charge on any atom is 0.283 e. The first kappa shape index (κ1) is 12.9. The summed E-state index contributed by atoms with van der Waals surface area (Å²) in [6, 6.07) is 0.209. The summed E-state index contributed by atoms with van der Waals surface area (Å²) in [6.07, 6.45) is 5.59. The third-order valence-corrected chi connectivity index (χ3v) is 3.91. The molecule has 0 aliphatic heterocycles. The van der Waals surface area contributed by atoms with Crippen LogP contribution in [0.1, 0.15) is 46.0 Å². The average molecular weight is 235 g/mol. The first-order valence-corrected chi connectivity index (χ1v) is 7.24. The zero-order chi connectivity index (χ0) is 11.3. The Morgan fingerprint density at radius 2 is 1.87 bits per heavy atom. The molecule has 15 heavy (non-hydrogen) atoms. The van der Waals surface area contributed by atoms with E-state index >= 15 is 0 Å². The van der Waals surface area contributed by atoms with Gasteiger partial charge in [-0.2, -0.15) is 18.2 Å². The molecule has 90 valence electrons. The molecule has 0 aromatic heterocycles. The zero-order valence-corrected chi connectivity index (χ0v) is 10.3. The molecule has 0 heterocycles. The lowest BCUT2D eigenvalue weighted by Crippen LogP contribution is -2.34. The van der Waals surface area contributed by atoms with Gasteiger partial charge < -0.3 is 0 Å². The number of rotatable bonds is 5. The highest BCUT2D eigenvalue weighted by Crippen LogP contribution is 2.17. The standard InChI is InChI=1S/C10H21NO3S/c1-9(2)8-15(12,13)14-11-10-6-4-3-5-7-10/h9-11H,3-8H2,1-2H3. The van der Waals surface area contributed by atoms with Gasteiger partial charge >= 0.3 is 0 Å². The number of nitrogens with one attached hydrogen (secondary N) is 1. The smallest absolute Gasteiger partial charge is 0.198 e. The predicted molar refractivity (Wildman–Crippen MR) is 59.7 cm³/mol. The van der Waals surface area contributed by atoms with E-state index < -0.39 is 10.1 Å². The molecular formula is C10H21NO3S. The second kappa shape index (κ2) is 5.82. The van der Waals surface area contributed by atoms with Gasteiger partial charge in [0.2, 0.25) is 0 Å². The van der Waals surface area contributed by atoms with Crippen LogP contribution in [0.4, 0.5) is 0 Å². The lowest BCUT2D eigenvalue weighted by atomic mass is 9.96. The maximum atomic E-state index is 11.4. The molecule has 1 aliphatic rings. The Kier molecular flexibility index (Phi) is 5.02. The van der Waals surface area contributed by atoms with E-state index in [9.17, 15) is 8.42 Å². The van der Waals surface area contributed by atoms with Crippen molar-refractivity contribution in [1.82, 2.24) is 5.48 Å². The van der Waals surface area contributed by atoms with Crippen molar-refractivity contribution in [2.24, 2.45) is 5.92 Å². The molecule has 0 saturated heterocycles. The van der Waals surface area contributed by atoms with Crippen LogP contribution in [0.15, 0.2) is 0 Å². The molecule has 5 heteroatoms. The van der Waals surface area contributed by atoms with Crippen molar-refractivity contribution in [2.75, 3.05) is 5.75 Å². The molecule has 1 fully saturated rings. The van der Waals surface area contributed by atoms with Gasteiger partial charge in [-0.1, -0.05) is 33.1 Å². The fourth-order valence-corrected chi connectivity index (χ4v) is 2.97. The monoisotopic (exact) mass is 235 g/mol. The van der Waals surface area contributed by atoms with Crippen molar-refractivity contribution < 1.29 is 12.7 Å². The Balaban J connectivity index is 2.28. The minimum absolute atomic E-state index is 0.0761. The highest BCUT2D eigenvalue weighted by atomic mass is 32.2. The lowest BCUT2D eigenvalue weighted by molar-refractivity contribution is 0.140. The maximum absolute atomic E-state index is 11.4. The summed E-state index contributed by atoms with van der Waals surface area (Å²) in [4.78, 5) is 0. The fraction of sp³-hybridized carbons (Fsp3) is 1.00. The van der Waals surface area contributed by atoms with E-state index in [1.165, 1.54) is 6.42 Å². The highest BCUT2D eigenvalue weighted by Gasteiger charge is 2.18. The van der Waals surface area contributed by atoms with Crippen LogP contribution in [0.25, 0.3) is 0 Å². The number of hydrogen-bond donors (Lipinski definition) is 1. The largest absolute Gasteiger partial charge is 0.283 e. The first-order chi connectivity index (χ1) is 6.99. The van der Waals surface area contributed by atoms with Gasteiger partial charge in [0, 0.05) is 6.04 Å². The van der Waals surface area contributed by atoms with Crippen molar-refractivity contribution in [3.05, 3.63) is 0 Å². The molecule has 1 rings (SSSR count). The van der Waals surface area contributed by atoms with Crippen LogP contribution in [0.3, 0.4) is 0 Å². The number of hydroxylamine groups is 1. The lowest BCUT2D eigenvalue weighted by Gasteiger charge is -2.21. The van der Waals surface area contributed by atoms with Gasteiger partial charge in [-0.25, -0.2) is 0 Å². The molecule has 0 unspecified atom stereocenters. The van der Waals surface area contributed by atoms with Gasteiger partial charge in [0.25, 0.3) is 10.1 Å². The van der Waals surface area contributed by atoms with E-state index in [1.807, 2.05) is 13.8 Å². The Hall–Kier alpha value is -0.130. The summed E-state index contributed by atoms with van der Waals surface area (Å²) in [6.45, 7) is 3.73. The molecule has 0 bridgehead atoms. The minimum atomic E-state index is -3.39. The molecule has 0 amide bonds. The highest BCUT2D eigenvalue weighted by molar-refractivity contribution is 7.86. The van der Waals surface area contributed by atoms with E-state index in [1.54, 1.807) is 0 Å². The molecule has 0 atom stereocenters. The second-order valence-corrected chi connectivity index (χ2v) is 6.27. The van der Waals surface area contributed by atoms with Gasteiger partial charge in [0.1, 0.15) is 0 Å². The van der Waals surface area contributed by atoms with Gasteiger partial charge in [0.05, 0.1) is 5.75 Å². The van der Waals surface area contributed by atoms with Crippen LogP contribution >= 0.6 is 0 Å². The van der Waals surface area contributed by atoms with Crippen LogP contribution in [-0.2, 0) is 14.4 Å². The summed E-state index contributed by atoms with van der Waals surface area (Å²) >= 11 is 0. The predicted octanol–water partition coefficient (Wildman–Crippen LogP) is 1.83. The molecule has 0 aromatic carbocycles. The third-order valence-electron chi connectivity index (χ3n) is 2.48. The Morgan fingerprint density at radius 1 is 1.27 bits per heavy atom. The quantitative estimate of drug-likeness (QED) is 0.739. The van der Waals surface area contributed by atoms with Crippen molar-refractivity contribution in [3.8, 4) is 0 Å². The van der Waals surface area contributed by atoms with E-state index in [-0.39, 0.29) is 17.7 Å². The first-order valence-electron chi connectivity index (χ1n) is 5.66. The van der Waals surface area contributed by atoms with E-state index in [0.717, 1.165) is 25.7 Å². The van der Waals surface area contributed by atoms with Crippen molar-refractivity contribution in [1.29, 1.82) is 0 Å². The third kappa shape index (κ3) is 5.49. The molecule has 1 saturated carbocycles. The van der Waals surface area contributed by atoms with Crippen LogP contribution in [0.5, 0.6) is 0 Å². The molecule has 1 N–H and O–H groups in total. The van der Waals surface area contributed by atoms with Crippen LogP contribution in [0, 0.1) is 5.92 Å². The van der Waals surface area contributed by atoms with Gasteiger partial charge in [-0.05, 0) is 18.8 Å². The number of hydrogen-bond acceptors (Lipinski definition) is 4. The molecule has 0 spiro atoms. The van der Waals surface area contributed by atoms with Crippen LogP contribution in [-0.4, -0.2) is 20.2 Å². The van der Waals surface area contributed by atoms with Crippen molar-refractivity contribution in [2.45, 2.75) is 52.0 Å². The van der Waals surface area contributed by atoms with E-state index in [0.29, 0.717) is 0 Å². The SMILES string of the molecule is CC(C)CS(=O)(=O)ONC1CCCCC1. The Bertz CT molecular complexity index is 268. The Morgan fingerprint density at radius 3 is 2.40 bits per heavy atom. The summed E-state index contributed by atoms with van der Waals surface area (Å²) in [7, 11) is -3.39. The van der Waals surface area contributed by atoms with E-state index in [4.69, 9.17) is 4.28 Å². The summed E-state index contributed by atoms with van der Waals surface area (Å²) in [5, 5.41) is 0. The molecule has 0 radical (unpaired) electrons. The summed E-state index contributed by atoms with van der Waals surface area (Å²) in [5.74, 6) is 0.176. The molecule has 1 aliphatic carbocycles. The van der Waals surface area contributed by atoms with Crippen molar-refractivity contribution >= 4 is 10.1 Å². The second-order valence-electron chi connectivity index (χ2n) is 4.65. The minimum Gasteiger partial charge on any atom is -0.198 e. The summed E-state index contributed by atoms with van der Waals surface area (Å²) in [5.41, 5.74) is 2.68. The van der Waals surface area contributed by atoms with Gasteiger partial charge in [0.15, 0.2) is 0 Å². The summed E-state index contributed by atoms with van der Waals surface area (Å²) < 4.78 is 27.6. The average Bonchev–Trinajstić information content (AvgIpc) is 2.15. The van der Waals surface area contributed by atoms with E-state index in [2.05, 4.69) is 5.48 Å². The normalized spacial score (nSPS) is 19.7. The Labute approximate surface area is 92.5 Å². The van der Waals surface area contributed by atoms with Gasteiger partial charge in [-0.3, -0.25) is 0 Å². The zero-order valence-electron chi connectivity index (χ0n) is 9.53. The van der Waals surface area contributed by atoms with Gasteiger partial charge in [-0.15, -0.1) is 0 Å². The molecule has 0 aromatic rings. The molecule has 4 nitrogen and oxygen atoms in total. The van der Waals surface area contributed by atoms with Crippen LogP contribution in [0.2, 0.25) is 0 Å². The van der Waals surface area contributed by atoms with Crippen LogP contribution < -0.4 is 5.48 Å².